The summed E-state index contributed by atoms with van der Waals surface area (Å²) in [4.78, 5) is 9.77. The zero-order chi connectivity index (χ0) is 27.1. The number of imidazole rings is 1. The molecule has 0 aliphatic carbocycles. The van der Waals surface area contributed by atoms with Gasteiger partial charge in [-0.25, -0.2) is 4.98 Å². The van der Waals surface area contributed by atoms with E-state index in [0.29, 0.717) is 18.1 Å². The first-order valence-electron chi connectivity index (χ1n) is 15.1. The molecule has 0 radical (unpaired) electrons. The van der Waals surface area contributed by atoms with Crippen LogP contribution in [0.25, 0.3) is 11.0 Å². The fourth-order valence-corrected chi connectivity index (χ4v) is 8.38. The van der Waals surface area contributed by atoms with Crippen LogP contribution < -0.4 is 0 Å². The third-order valence-corrected chi connectivity index (χ3v) is 10.3. The van der Waals surface area contributed by atoms with Crippen LogP contribution in [0.15, 0.2) is 84.9 Å². The zero-order valence-corrected chi connectivity index (χ0v) is 23.5. The maximum atomic E-state index is 10.0. The monoisotopic (exact) mass is 529 g/mol. The molecule has 4 unspecified atom stereocenters. The van der Waals surface area contributed by atoms with E-state index in [1.165, 1.54) is 42.3 Å². The molecule has 7 rings (SSSR count). The van der Waals surface area contributed by atoms with Crippen molar-refractivity contribution in [2.24, 2.45) is 0 Å². The van der Waals surface area contributed by atoms with Crippen LogP contribution in [0.5, 0.6) is 0 Å². The summed E-state index contributed by atoms with van der Waals surface area (Å²) in [7, 11) is 0. The molecule has 2 bridgehead atoms. The van der Waals surface area contributed by atoms with Gasteiger partial charge in [-0.1, -0.05) is 72.8 Å². The van der Waals surface area contributed by atoms with Crippen molar-refractivity contribution in [3.63, 3.8) is 0 Å². The van der Waals surface area contributed by atoms with E-state index in [4.69, 9.17) is 4.98 Å². The minimum absolute atomic E-state index is 0.0720. The Balaban J connectivity index is 1.14. The first-order valence-corrected chi connectivity index (χ1v) is 15.1. The number of rotatable bonds is 6. The number of fused-ring (bicyclic) bond motifs is 3. The third kappa shape index (κ3) is 4.39. The molecule has 1 aromatic heterocycles. The summed E-state index contributed by atoms with van der Waals surface area (Å²) in [6, 6.07) is 32.4. The summed E-state index contributed by atoms with van der Waals surface area (Å²) in [6.45, 7) is 4.12. The SMILES string of the molecule is Cc1nc2ccccc2n1C1CC2CCC(C1)N2CCC1(c2ccccc2)CCN(C#N)C(c2ccccc2)C1. The standard InChI is InChI=1S/C35H39N5/c1-26-37-32-14-8-9-15-33(32)40(26)31-22-29-16-17-30(23-31)39(29)21-19-35(28-12-6-3-7-13-28)18-20-38(25-36)34(24-35)27-10-4-2-5-11-27/h2-15,29-31,34H,16-24H2,1H3. The number of aryl methyl sites for hydroxylation is 1. The van der Waals surface area contributed by atoms with Crippen molar-refractivity contribution in [2.45, 2.75) is 81.5 Å². The van der Waals surface area contributed by atoms with Crippen LogP contribution in [0.4, 0.5) is 0 Å². The highest BCUT2D eigenvalue weighted by Crippen LogP contribution is 2.48. The van der Waals surface area contributed by atoms with Crippen molar-refractivity contribution in [1.82, 2.24) is 19.4 Å². The maximum Gasteiger partial charge on any atom is 0.179 e. The Labute approximate surface area is 238 Å². The van der Waals surface area contributed by atoms with Gasteiger partial charge in [0.05, 0.1) is 17.1 Å². The number of aromatic nitrogens is 2. The topological polar surface area (TPSA) is 48.1 Å². The van der Waals surface area contributed by atoms with Gasteiger partial charge in [0, 0.05) is 30.1 Å². The zero-order valence-electron chi connectivity index (χ0n) is 23.5. The lowest BCUT2D eigenvalue weighted by Crippen LogP contribution is -2.48. The number of benzene rings is 3. The fraction of sp³-hybridized carbons (Fsp3) is 0.429. The predicted octanol–water partition coefficient (Wildman–Crippen LogP) is 7.16. The van der Waals surface area contributed by atoms with Gasteiger partial charge in [-0.3, -0.25) is 4.90 Å². The predicted molar refractivity (Wildman–Crippen MR) is 160 cm³/mol. The van der Waals surface area contributed by atoms with Crippen LogP contribution >= 0.6 is 0 Å². The van der Waals surface area contributed by atoms with Gasteiger partial charge in [-0.05, 0) is 81.7 Å². The number of nitriles is 1. The lowest BCUT2D eigenvalue weighted by molar-refractivity contribution is 0.0775. The molecule has 5 nitrogen and oxygen atoms in total. The van der Waals surface area contributed by atoms with Gasteiger partial charge in [0.2, 0.25) is 0 Å². The van der Waals surface area contributed by atoms with Crippen LogP contribution in [0.2, 0.25) is 0 Å². The Morgan fingerprint density at radius 1 is 0.875 bits per heavy atom. The van der Waals surface area contributed by atoms with Gasteiger partial charge in [-0.2, -0.15) is 5.26 Å². The van der Waals surface area contributed by atoms with Gasteiger partial charge in [-0.15, -0.1) is 0 Å². The van der Waals surface area contributed by atoms with E-state index >= 15 is 0 Å². The van der Waals surface area contributed by atoms with Gasteiger partial charge < -0.3 is 9.47 Å². The number of para-hydroxylation sites is 2. The van der Waals surface area contributed by atoms with Crippen LogP contribution in [-0.4, -0.2) is 44.5 Å². The van der Waals surface area contributed by atoms with Crippen molar-refractivity contribution < 1.29 is 0 Å². The van der Waals surface area contributed by atoms with E-state index in [-0.39, 0.29) is 11.5 Å². The minimum Gasteiger partial charge on any atom is -0.325 e. The molecule has 5 heteroatoms. The second kappa shape index (κ2) is 10.4. The largest absolute Gasteiger partial charge is 0.325 e. The molecule has 3 aromatic carbocycles. The Hall–Kier alpha value is -3.62. The molecule has 4 heterocycles. The number of hydrogen-bond acceptors (Lipinski definition) is 4. The second-order valence-corrected chi connectivity index (χ2v) is 12.3. The summed E-state index contributed by atoms with van der Waals surface area (Å²) in [6.07, 6.45) is 10.7. The third-order valence-electron chi connectivity index (χ3n) is 10.3. The molecule has 40 heavy (non-hydrogen) atoms. The molecule has 4 aromatic rings. The van der Waals surface area contributed by atoms with E-state index in [1.54, 1.807) is 0 Å². The lowest BCUT2D eigenvalue weighted by Gasteiger charge is -2.47. The molecule has 3 aliphatic heterocycles. The summed E-state index contributed by atoms with van der Waals surface area (Å²) in [5.74, 6) is 1.15. The lowest BCUT2D eigenvalue weighted by atomic mass is 9.67. The van der Waals surface area contributed by atoms with Gasteiger partial charge in [0.25, 0.3) is 0 Å². The molecule has 204 valence electrons. The van der Waals surface area contributed by atoms with Crippen LogP contribution in [0, 0.1) is 18.4 Å². The van der Waals surface area contributed by atoms with E-state index in [9.17, 15) is 5.26 Å². The van der Waals surface area contributed by atoms with Crippen molar-refractivity contribution in [3.8, 4) is 6.19 Å². The van der Waals surface area contributed by atoms with Crippen LogP contribution in [-0.2, 0) is 5.41 Å². The molecule has 3 fully saturated rings. The van der Waals surface area contributed by atoms with Crippen molar-refractivity contribution in [2.75, 3.05) is 13.1 Å². The quantitative estimate of drug-likeness (QED) is 0.249. The van der Waals surface area contributed by atoms with Crippen LogP contribution in [0.1, 0.15) is 74.0 Å². The van der Waals surface area contributed by atoms with Crippen molar-refractivity contribution in [1.29, 1.82) is 5.26 Å². The Kier molecular flexibility index (Phi) is 6.60. The summed E-state index contributed by atoms with van der Waals surface area (Å²) in [5.41, 5.74) is 5.18. The van der Waals surface area contributed by atoms with Crippen molar-refractivity contribution in [3.05, 3.63) is 102 Å². The molecule has 3 saturated heterocycles. The highest BCUT2D eigenvalue weighted by molar-refractivity contribution is 5.76. The summed E-state index contributed by atoms with van der Waals surface area (Å²) < 4.78 is 2.53. The minimum atomic E-state index is 0.0720. The molecule has 3 aliphatic rings. The molecular formula is C35H39N5. The molecule has 4 atom stereocenters. The first kappa shape index (κ1) is 25.4. The Bertz CT molecular complexity index is 1490. The van der Waals surface area contributed by atoms with Gasteiger partial charge in [0.15, 0.2) is 6.19 Å². The molecule has 0 saturated carbocycles. The van der Waals surface area contributed by atoms with Crippen LogP contribution in [0.3, 0.4) is 0 Å². The maximum absolute atomic E-state index is 10.0. The molecule has 0 amide bonds. The highest BCUT2D eigenvalue weighted by Gasteiger charge is 2.45. The summed E-state index contributed by atoms with van der Waals surface area (Å²) >= 11 is 0. The summed E-state index contributed by atoms with van der Waals surface area (Å²) in [5, 5.41) is 10.0. The van der Waals surface area contributed by atoms with E-state index < -0.39 is 0 Å². The smallest absolute Gasteiger partial charge is 0.179 e. The van der Waals surface area contributed by atoms with Gasteiger partial charge >= 0.3 is 0 Å². The number of likely N-dealkylation sites (tertiary alicyclic amines) is 1. The highest BCUT2D eigenvalue weighted by atomic mass is 15.2. The first-order chi connectivity index (χ1) is 19.6. The van der Waals surface area contributed by atoms with Crippen molar-refractivity contribution >= 4 is 11.0 Å². The van der Waals surface area contributed by atoms with E-state index in [0.717, 1.165) is 43.7 Å². The molecule has 0 N–H and O–H groups in total. The van der Waals surface area contributed by atoms with E-state index in [1.807, 2.05) is 4.90 Å². The van der Waals surface area contributed by atoms with Gasteiger partial charge in [0.1, 0.15) is 5.82 Å². The number of nitrogens with zero attached hydrogens (tertiary/aromatic N) is 5. The number of hydrogen-bond donors (Lipinski definition) is 0. The second-order valence-electron chi connectivity index (χ2n) is 12.3. The Morgan fingerprint density at radius 3 is 2.27 bits per heavy atom. The molecule has 0 spiro atoms. The fourth-order valence-electron chi connectivity index (χ4n) is 8.38. The average molecular weight is 530 g/mol. The molecular weight excluding hydrogens is 490 g/mol. The number of piperidine rings is 2. The normalized spacial score (nSPS) is 28.6. The van der Waals surface area contributed by atoms with E-state index in [2.05, 4.69) is 108 Å². The Morgan fingerprint density at radius 2 is 1.55 bits per heavy atom. The average Bonchev–Trinajstić information content (AvgIpc) is 3.47.